The summed E-state index contributed by atoms with van der Waals surface area (Å²) in [7, 11) is 1.57. The molecule has 0 radical (unpaired) electrons. The van der Waals surface area contributed by atoms with Crippen molar-refractivity contribution in [2.45, 2.75) is 39.2 Å². The van der Waals surface area contributed by atoms with Crippen LogP contribution < -0.4 is 10.1 Å². The van der Waals surface area contributed by atoms with Crippen LogP contribution in [0.25, 0.3) is 11.0 Å². The predicted octanol–water partition coefficient (Wildman–Crippen LogP) is 2.96. The summed E-state index contributed by atoms with van der Waals surface area (Å²) in [5, 5.41) is 4.48. The number of methoxy groups -OCH3 is 1. The van der Waals surface area contributed by atoms with Crippen LogP contribution in [0, 0.1) is 0 Å². The Bertz CT molecular complexity index is 509. The van der Waals surface area contributed by atoms with E-state index in [1.165, 1.54) is 12.8 Å². The van der Waals surface area contributed by atoms with Gasteiger partial charge in [-0.2, -0.15) is 4.98 Å². The van der Waals surface area contributed by atoms with Crippen molar-refractivity contribution >= 4 is 16.9 Å². The average Bonchev–Trinajstić information content (AvgIpc) is 2.79. The molecule has 18 heavy (non-hydrogen) atoms. The van der Waals surface area contributed by atoms with E-state index in [-0.39, 0.29) is 0 Å². The summed E-state index contributed by atoms with van der Waals surface area (Å²) in [6.07, 6.45) is 5.22. The second-order valence-electron chi connectivity index (χ2n) is 4.38. The van der Waals surface area contributed by atoms with E-state index in [1.807, 2.05) is 6.07 Å². The Kier molecular flexibility index (Phi) is 4.02. The lowest BCUT2D eigenvalue weighted by Crippen LogP contribution is -2.17. The number of aromatic amines is 1. The molecule has 0 aromatic carbocycles. The standard InChI is InChI=1S/C13H20N4O/c1-4-6-10(5-2)15-11-7-9-8-14-13(18-3)17-12(9)16-11/h7-8,10,15H,4-6H2,1-3H3,(H,14,16,17). The molecule has 0 fully saturated rings. The Labute approximate surface area is 107 Å². The Morgan fingerprint density at radius 3 is 2.94 bits per heavy atom. The number of ether oxygens (including phenoxy) is 1. The molecule has 0 aliphatic carbocycles. The summed E-state index contributed by atoms with van der Waals surface area (Å²) < 4.78 is 5.01. The van der Waals surface area contributed by atoms with Gasteiger partial charge in [0.2, 0.25) is 0 Å². The smallest absolute Gasteiger partial charge is 0.318 e. The van der Waals surface area contributed by atoms with Gasteiger partial charge in [0, 0.05) is 17.6 Å². The van der Waals surface area contributed by atoms with Gasteiger partial charge in [0.25, 0.3) is 0 Å². The SMILES string of the molecule is CCCC(CC)Nc1cc2cnc(OC)nc2[nH]1. The Morgan fingerprint density at radius 1 is 1.44 bits per heavy atom. The molecule has 2 N–H and O–H groups in total. The molecule has 0 saturated heterocycles. The summed E-state index contributed by atoms with van der Waals surface area (Å²) >= 11 is 0. The monoisotopic (exact) mass is 248 g/mol. The average molecular weight is 248 g/mol. The maximum absolute atomic E-state index is 5.01. The third kappa shape index (κ3) is 2.72. The van der Waals surface area contributed by atoms with Gasteiger partial charge in [-0.3, -0.25) is 0 Å². The number of nitrogens with one attached hydrogen (secondary N) is 2. The Balaban J connectivity index is 2.18. The van der Waals surface area contributed by atoms with E-state index in [2.05, 4.69) is 34.1 Å². The summed E-state index contributed by atoms with van der Waals surface area (Å²) in [5.74, 6) is 0.993. The molecular weight excluding hydrogens is 228 g/mol. The molecule has 0 aliphatic rings. The summed E-state index contributed by atoms with van der Waals surface area (Å²) in [4.78, 5) is 11.6. The van der Waals surface area contributed by atoms with Gasteiger partial charge in [-0.25, -0.2) is 4.98 Å². The third-order valence-corrected chi connectivity index (χ3v) is 3.02. The largest absolute Gasteiger partial charge is 0.467 e. The number of hydrogen-bond donors (Lipinski definition) is 2. The Hall–Kier alpha value is -1.78. The molecule has 98 valence electrons. The molecule has 0 saturated carbocycles. The molecular formula is C13H20N4O. The van der Waals surface area contributed by atoms with E-state index in [9.17, 15) is 0 Å². The third-order valence-electron chi connectivity index (χ3n) is 3.02. The molecule has 2 aromatic heterocycles. The van der Waals surface area contributed by atoms with Gasteiger partial charge >= 0.3 is 6.01 Å². The fraction of sp³-hybridized carbons (Fsp3) is 0.538. The zero-order chi connectivity index (χ0) is 13.0. The second-order valence-corrected chi connectivity index (χ2v) is 4.38. The van der Waals surface area contributed by atoms with E-state index in [1.54, 1.807) is 13.3 Å². The van der Waals surface area contributed by atoms with Crippen molar-refractivity contribution in [3.05, 3.63) is 12.3 Å². The molecule has 5 nitrogen and oxygen atoms in total. The topological polar surface area (TPSA) is 62.8 Å². The molecule has 0 spiro atoms. The molecule has 0 aliphatic heterocycles. The molecule has 1 unspecified atom stereocenters. The van der Waals surface area contributed by atoms with Crippen LogP contribution in [-0.2, 0) is 0 Å². The van der Waals surface area contributed by atoms with Crippen LogP contribution in [0.4, 0.5) is 5.82 Å². The summed E-state index contributed by atoms with van der Waals surface area (Å²) in [6, 6.07) is 2.92. The van der Waals surface area contributed by atoms with Crippen molar-refractivity contribution in [3.63, 3.8) is 0 Å². The fourth-order valence-electron chi connectivity index (χ4n) is 2.02. The minimum Gasteiger partial charge on any atom is -0.467 e. The van der Waals surface area contributed by atoms with Crippen LogP contribution >= 0.6 is 0 Å². The van der Waals surface area contributed by atoms with Crippen LogP contribution in [0.2, 0.25) is 0 Å². The summed E-state index contributed by atoms with van der Waals surface area (Å²) in [6.45, 7) is 4.39. The van der Waals surface area contributed by atoms with Crippen molar-refractivity contribution < 1.29 is 4.74 Å². The van der Waals surface area contributed by atoms with Crippen molar-refractivity contribution in [3.8, 4) is 6.01 Å². The highest BCUT2D eigenvalue weighted by molar-refractivity contribution is 5.79. The summed E-state index contributed by atoms with van der Waals surface area (Å²) in [5.41, 5.74) is 0.802. The van der Waals surface area contributed by atoms with Gasteiger partial charge in [0.1, 0.15) is 11.5 Å². The highest BCUT2D eigenvalue weighted by Crippen LogP contribution is 2.19. The first-order valence-electron chi connectivity index (χ1n) is 6.43. The highest BCUT2D eigenvalue weighted by atomic mass is 16.5. The lowest BCUT2D eigenvalue weighted by molar-refractivity contribution is 0.381. The molecule has 5 heteroatoms. The first kappa shape index (κ1) is 12.7. The van der Waals surface area contributed by atoms with Crippen LogP contribution in [0.5, 0.6) is 6.01 Å². The first-order chi connectivity index (χ1) is 8.76. The zero-order valence-corrected chi connectivity index (χ0v) is 11.2. The number of hydrogen-bond acceptors (Lipinski definition) is 4. The van der Waals surface area contributed by atoms with Crippen LogP contribution in [0.1, 0.15) is 33.1 Å². The van der Waals surface area contributed by atoms with E-state index >= 15 is 0 Å². The predicted molar refractivity (Wildman–Crippen MR) is 73.1 cm³/mol. The van der Waals surface area contributed by atoms with Crippen LogP contribution in [0.15, 0.2) is 12.3 Å². The highest BCUT2D eigenvalue weighted by Gasteiger charge is 2.08. The molecule has 2 heterocycles. The van der Waals surface area contributed by atoms with Gasteiger partial charge in [0.05, 0.1) is 7.11 Å². The number of fused-ring (bicyclic) bond motifs is 1. The molecule has 0 amide bonds. The maximum atomic E-state index is 5.01. The second kappa shape index (κ2) is 5.71. The molecule has 2 aromatic rings. The Morgan fingerprint density at radius 2 is 2.28 bits per heavy atom. The number of nitrogens with zero attached hydrogens (tertiary/aromatic N) is 2. The molecule has 1 atom stereocenters. The first-order valence-corrected chi connectivity index (χ1v) is 6.43. The minimum atomic E-state index is 0.386. The van der Waals surface area contributed by atoms with Gasteiger partial charge in [-0.1, -0.05) is 20.3 Å². The lowest BCUT2D eigenvalue weighted by Gasteiger charge is -2.15. The van der Waals surface area contributed by atoms with Gasteiger partial charge < -0.3 is 15.0 Å². The van der Waals surface area contributed by atoms with Crippen molar-refractivity contribution in [2.24, 2.45) is 0 Å². The fourth-order valence-corrected chi connectivity index (χ4v) is 2.02. The molecule has 2 rings (SSSR count). The van der Waals surface area contributed by atoms with E-state index in [4.69, 9.17) is 4.74 Å². The van der Waals surface area contributed by atoms with Crippen molar-refractivity contribution in [2.75, 3.05) is 12.4 Å². The van der Waals surface area contributed by atoms with E-state index in [0.29, 0.717) is 12.1 Å². The normalized spacial score (nSPS) is 12.6. The van der Waals surface area contributed by atoms with Crippen LogP contribution in [-0.4, -0.2) is 28.1 Å². The van der Waals surface area contributed by atoms with Gasteiger partial charge in [0.15, 0.2) is 0 Å². The lowest BCUT2D eigenvalue weighted by atomic mass is 10.1. The van der Waals surface area contributed by atoms with Crippen molar-refractivity contribution in [1.29, 1.82) is 0 Å². The minimum absolute atomic E-state index is 0.386. The number of H-pyrrole nitrogens is 1. The quantitative estimate of drug-likeness (QED) is 0.825. The number of rotatable bonds is 6. The maximum Gasteiger partial charge on any atom is 0.318 e. The number of anilines is 1. The van der Waals surface area contributed by atoms with E-state index < -0.39 is 0 Å². The van der Waals surface area contributed by atoms with Crippen LogP contribution in [0.3, 0.4) is 0 Å². The zero-order valence-electron chi connectivity index (χ0n) is 11.2. The van der Waals surface area contributed by atoms with E-state index in [0.717, 1.165) is 23.3 Å². The van der Waals surface area contributed by atoms with Gasteiger partial charge in [-0.05, 0) is 18.9 Å². The van der Waals surface area contributed by atoms with Gasteiger partial charge in [-0.15, -0.1) is 0 Å². The molecule has 0 bridgehead atoms. The van der Waals surface area contributed by atoms with Crippen molar-refractivity contribution in [1.82, 2.24) is 15.0 Å². The number of aromatic nitrogens is 3.